The third-order valence-corrected chi connectivity index (χ3v) is 5.47. The molecule has 0 unspecified atom stereocenters. The van der Waals surface area contributed by atoms with Crippen LogP contribution in [0.5, 0.6) is 11.5 Å². The highest BCUT2D eigenvalue weighted by molar-refractivity contribution is 7.22. The van der Waals surface area contributed by atoms with Crippen molar-refractivity contribution < 1.29 is 18.7 Å². The predicted molar refractivity (Wildman–Crippen MR) is 119 cm³/mol. The maximum Gasteiger partial charge on any atom is 0.252 e. The van der Waals surface area contributed by atoms with Gasteiger partial charge in [-0.2, -0.15) is 0 Å². The SMILES string of the molecule is COc1ccc(C=CC(=O)N(CCN(C)C)c2nc3ccc(F)cc3s2)cc1OC. The van der Waals surface area contributed by atoms with E-state index in [4.69, 9.17) is 9.47 Å². The standard InChI is InChI=1S/C22H24FN3O3S/c1-25(2)11-12-26(22-24-17-8-7-16(23)14-20(17)30-22)21(27)10-6-15-5-9-18(28-3)19(13-15)29-4/h5-10,13-14H,11-12H2,1-4H3. The van der Waals surface area contributed by atoms with Gasteiger partial charge in [0, 0.05) is 19.2 Å². The van der Waals surface area contributed by atoms with Crippen molar-refractivity contribution in [1.29, 1.82) is 0 Å². The van der Waals surface area contributed by atoms with Crippen LogP contribution < -0.4 is 14.4 Å². The summed E-state index contributed by atoms with van der Waals surface area (Å²) in [7, 11) is 7.02. The zero-order chi connectivity index (χ0) is 21.7. The number of likely N-dealkylation sites (N-methyl/N-ethyl adjacent to an activating group) is 1. The number of methoxy groups -OCH3 is 2. The molecule has 0 aliphatic heterocycles. The number of thiazole rings is 1. The molecule has 0 aliphatic rings. The lowest BCUT2D eigenvalue weighted by atomic mass is 10.2. The normalized spacial score (nSPS) is 11.4. The average molecular weight is 430 g/mol. The molecule has 3 aromatic rings. The lowest BCUT2D eigenvalue weighted by molar-refractivity contribution is -0.114. The number of anilines is 1. The van der Waals surface area contributed by atoms with Crippen molar-refractivity contribution in [2.45, 2.75) is 0 Å². The van der Waals surface area contributed by atoms with Gasteiger partial charge in [-0.1, -0.05) is 17.4 Å². The van der Waals surface area contributed by atoms with Crippen molar-refractivity contribution in [1.82, 2.24) is 9.88 Å². The highest BCUT2D eigenvalue weighted by atomic mass is 32.1. The number of aromatic nitrogens is 1. The summed E-state index contributed by atoms with van der Waals surface area (Å²) in [6.07, 6.45) is 3.23. The van der Waals surface area contributed by atoms with Gasteiger partial charge in [0.2, 0.25) is 0 Å². The first-order chi connectivity index (χ1) is 14.4. The van der Waals surface area contributed by atoms with E-state index in [-0.39, 0.29) is 11.7 Å². The van der Waals surface area contributed by atoms with Crippen LogP contribution in [0, 0.1) is 5.82 Å². The van der Waals surface area contributed by atoms with E-state index in [1.54, 1.807) is 43.4 Å². The first kappa shape index (κ1) is 21.7. The Morgan fingerprint density at radius 2 is 1.87 bits per heavy atom. The molecule has 0 bridgehead atoms. The Morgan fingerprint density at radius 1 is 1.10 bits per heavy atom. The molecule has 0 aliphatic carbocycles. The van der Waals surface area contributed by atoms with Gasteiger partial charge in [-0.15, -0.1) is 0 Å². The van der Waals surface area contributed by atoms with Crippen LogP contribution in [-0.4, -0.2) is 57.2 Å². The van der Waals surface area contributed by atoms with E-state index in [0.717, 1.165) is 5.56 Å². The van der Waals surface area contributed by atoms with E-state index in [0.29, 0.717) is 39.9 Å². The van der Waals surface area contributed by atoms with E-state index in [9.17, 15) is 9.18 Å². The quantitative estimate of drug-likeness (QED) is 0.506. The van der Waals surface area contributed by atoms with Crippen LogP contribution in [0.3, 0.4) is 0 Å². The lowest BCUT2D eigenvalue weighted by Gasteiger charge is -2.20. The number of carbonyl (C=O) groups excluding carboxylic acids is 1. The molecule has 30 heavy (non-hydrogen) atoms. The summed E-state index contributed by atoms with van der Waals surface area (Å²) < 4.78 is 24.8. The Hall–Kier alpha value is -2.97. The van der Waals surface area contributed by atoms with Gasteiger partial charge in [0.15, 0.2) is 16.6 Å². The minimum atomic E-state index is -0.322. The van der Waals surface area contributed by atoms with Gasteiger partial charge in [0.05, 0.1) is 24.4 Å². The van der Waals surface area contributed by atoms with Gasteiger partial charge in [-0.05, 0) is 56.1 Å². The number of rotatable bonds is 8. The summed E-state index contributed by atoms with van der Waals surface area (Å²) in [4.78, 5) is 21.1. The van der Waals surface area contributed by atoms with Crippen LogP contribution in [-0.2, 0) is 4.79 Å². The highest BCUT2D eigenvalue weighted by Crippen LogP contribution is 2.30. The average Bonchev–Trinajstić information content (AvgIpc) is 3.14. The van der Waals surface area contributed by atoms with Crippen molar-refractivity contribution in [3.8, 4) is 11.5 Å². The van der Waals surface area contributed by atoms with Crippen LogP contribution in [0.25, 0.3) is 16.3 Å². The molecule has 8 heteroatoms. The molecule has 0 radical (unpaired) electrons. The Kier molecular flexibility index (Phi) is 7.02. The smallest absolute Gasteiger partial charge is 0.252 e. The van der Waals surface area contributed by atoms with E-state index in [2.05, 4.69) is 4.98 Å². The summed E-state index contributed by atoms with van der Waals surface area (Å²) in [6, 6.07) is 9.86. The van der Waals surface area contributed by atoms with Crippen LogP contribution in [0.4, 0.5) is 9.52 Å². The second-order valence-electron chi connectivity index (χ2n) is 6.85. The molecule has 3 rings (SSSR count). The number of fused-ring (bicyclic) bond motifs is 1. The molecule has 0 spiro atoms. The Balaban J connectivity index is 1.87. The monoisotopic (exact) mass is 429 g/mol. The third-order valence-electron chi connectivity index (χ3n) is 4.43. The summed E-state index contributed by atoms with van der Waals surface area (Å²) in [5.74, 6) is 0.684. The molecule has 1 heterocycles. The Morgan fingerprint density at radius 3 is 2.57 bits per heavy atom. The molecule has 0 saturated heterocycles. The highest BCUT2D eigenvalue weighted by Gasteiger charge is 2.18. The van der Waals surface area contributed by atoms with Crippen LogP contribution >= 0.6 is 11.3 Å². The van der Waals surface area contributed by atoms with Crippen LogP contribution in [0.1, 0.15) is 5.56 Å². The van der Waals surface area contributed by atoms with Gasteiger partial charge < -0.3 is 14.4 Å². The number of carbonyl (C=O) groups is 1. The molecule has 2 aromatic carbocycles. The van der Waals surface area contributed by atoms with Gasteiger partial charge in [-0.3, -0.25) is 9.69 Å². The van der Waals surface area contributed by atoms with Crippen molar-refractivity contribution in [3.05, 3.63) is 53.9 Å². The van der Waals surface area contributed by atoms with Crippen molar-refractivity contribution in [2.75, 3.05) is 46.3 Å². The zero-order valence-corrected chi connectivity index (χ0v) is 18.2. The number of halogens is 1. The second kappa shape index (κ2) is 9.69. The molecule has 0 fully saturated rings. The van der Waals surface area contributed by atoms with Crippen molar-refractivity contribution in [2.24, 2.45) is 0 Å². The van der Waals surface area contributed by atoms with Crippen molar-refractivity contribution in [3.63, 3.8) is 0 Å². The Labute approximate surface area is 179 Å². The van der Waals surface area contributed by atoms with E-state index < -0.39 is 0 Å². The van der Waals surface area contributed by atoms with Gasteiger partial charge in [0.1, 0.15) is 5.82 Å². The van der Waals surface area contributed by atoms with E-state index in [1.165, 1.54) is 29.5 Å². The number of hydrogen-bond acceptors (Lipinski definition) is 6. The lowest BCUT2D eigenvalue weighted by Crippen LogP contribution is -2.35. The number of ether oxygens (including phenoxy) is 2. The molecule has 0 N–H and O–H groups in total. The van der Waals surface area contributed by atoms with Gasteiger partial charge in [-0.25, -0.2) is 9.37 Å². The zero-order valence-electron chi connectivity index (χ0n) is 17.4. The number of amides is 1. The Bertz CT molecular complexity index is 1060. The third kappa shape index (κ3) is 5.14. The fourth-order valence-corrected chi connectivity index (χ4v) is 3.84. The first-order valence-corrected chi connectivity index (χ1v) is 10.2. The van der Waals surface area contributed by atoms with Crippen LogP contribution in [0.15, 0.2) is 42.5 Å². The van der Waals surface area contributed by atoms with Gasteiger partial charge in [0.25, 0.3) is 5.91 Å². The number of nitrogens with zero attached hydrogens (tertiary/aromatic N) is 3. The minimum absolute atomic E-state index is 0.203. The predicted octanol–water partition coefficient (Wildman–Crippen LogP) is 4.06. The van der Waals surface area contributed by atoms with Gasteiger partial charge >= 0.3 is 0 Å². The molecular weight excluding hydrogens is 405 g/mol. The van der Waals surface area contributed by atoms with Crippen molar-refractivity contribution >= 4 is 38.7 Å². The number of benzene rings is 2. The second-order valence-corrected chi connectivity index (χ2v) is 7.86. The summed E-state index contributed by atoms with van der Waals surface area (Å²) >= 11 is 1.30. The summed E-state index contributed by atoms with van der Waals surface area (Å²) in [6.45, 7) is 1.13. The molecule has 6 nitrogen and oxygen atoms in total. The molecule has 0 saturated carbocycles. The molecular formula is C22H24FN3O3S. The maximum atomic E-state index is 13.5. The number of hydrogen-bond donors (Lipinski definition) is 0. The summed E-state index contributed by atoms with van der Waals surface area (Å²) in [5.41, 5.74) is 1.47. The van der Waals surface area contributed by atoms with E-state index in [1.807, 2.05) is 25.1 Å². The fraction of sp³-hybridized carbons (Fsp3) is 0.273. The molecule has 1 amide bonds. The molecule has 158 valence electrons. The van der Waals surface area contributed by atoms with E-state index >= 15 is 0 Å². The fourth-order valence-electron chi connectivity index (χ4n) is 2.82. The first-order valence-electron chi connectivity index (χ1n) is 9.33. The topological polar surface area (TPSA) is 54.9 Å². The minimum Gasteiger partial charge on any atom is -0.493 e. The summed E-state index contributed by atoms with van der Waals surface area (Å²) in [5, 5.41) is 0.541. The van der Waals surface area contributed by atoms with Crippen LogP contribution in [0.2, 0.25) is 0 Å². The maximum absolute atomic E-state index is 13.5. The molecule has 0 atom stereocenters. The largest absolute Gasteiger partial charge is 0.493 e. The molecule has 1 aromatic heterocycles.